The fourth-order valence-electron chi connectivity index (χ4n) is 10.1. The van der Waals surface area contributed by atoms with Gasteiger partial charge in [0.05, 0.1) is 16.8 Å². The molecule has 0 aromatic heterocycles. The smallest absolute Gasteiger partial charge is 0.0755 e. The number of fused-ring (bicyclic) bond motifs is 15. The molecule has 1 aliphatic carbocycles. The Morgan fingerprint density at radius 1 is 0.298 bits per heavy atom. The molecule has 2 aliphatic rings. The summed E-state index contributed by atoms with van der Waals surface area (Å²) in [6.45, 7) is 0. The van der Waals surface area contributed by atoms with Gasteiger partial charge in [-0.15, -0.1) is 0 Å². The van der Waals surface area contributed by atoms with Gasteiger partial charge in [-0.05, 0) is 126 Å². The summed E-state index contributed by atoms with van der Waals surface area (Å²) in [6, 6.07) is 80.6. The Kier molecular flexibility index (Phi) is 6.88. The van der Waals surface area contributed by atoms with E-state index in [0.29, 0.717) is 0 Å². The second kappa shape index (κ2) is 12.3. The Morgan fingerprint density at radius 3 is 1.40 bits per heavy atom. The van der Waals surface area contributed by atoms with Crippen LogP contribution in [0.1, 0.15) is 22.3 Å². The first-order valence-corrected chi connectivity index (χ1v) is 19.8. The van der Waals surface area contributed by atoms with Gasteiger partial charge in [0.2, 0.25) is 0 Å². The number of hydrogen-bond donors (Lipinski definition) is 0. The van der Waals surface area contributed by atoms with Crippen LogP contribution in [0.4, 0.5) is 34.1 Å². The van der Waals surface area contributed by atoms with Crippen molar-refractivity contribution < 1.29 is 0 Å². The van der Waals surface area contributed by atoms with Gasteiger partial charge in [0.25, 0.3) is 0 Å². The van der Waals surface area contributed by atoms with Crippen molar-refractivity contribution in [2.75, 3.05) is 9.80 Å². The summed E-state index contributed by atoms with van der Waals surface area (Å²) in [5.41, 5.74) is 14.1. The van der Waals surface area contributed by atoms with Gasteiger partial charge in [-0.2, -0.15) is 0 Å². The van der Waals surface area contributed by atoms with E-state index in [1.54, 1.807) is 0 Å². The Labute approximate surface area is 332 Å². The van der Waals surface area contributed by atoms with Crippen molar-refractivity contribution >= 4 is 66.4 Å². The van der Waals surface area contributed by atoms with E-state index in [2.05, 4.69) is 228 Å². The maximum atomic E-state index is 2.48. The summed E-state index contributed by atoms with van der Waals surface area (Å²) in [5, 5.41) is 7.63. The fourth-order valence-corrected chi connectivity index (χ4v) is 10.1. The monoisotopic (exact) mass is 724 g/mol. The van der Waals surface area contributed by atoms with Crippen LogP contribution in [0, 0.1) is 0 Å². The molecule has 0 unspecified atom stereocenters. The summed E-state index contributed by atoms with van der Waals surface area (Å²) in [7, 11) is 0. The van der Waals surface area contributed by atoms with Crippen LogP contribution in [-0.4, -0.2) is 0 Å². The molecule has 0 atom stereocenters. The molecule has 0 amide bonds. The van der Waals surface area contributed by atoms with Crippen molar-refractivity contribution in [2.45, 2.75) is 5.41 Å². The third kappa shape index (κ3) is 4.47. The standard InChI is InChI=1S/C55H36N2/c1-3-17-37(18-4-1)56(39-31-33-45-43-23-8-7-21-41(43)42-22-9-10-24-44(42)48(45)35-39)40-32-34-47-46-25-11-12-26-49(46)55(52(47)36-40)50-27-13-15-29-53(50)57(38-19-5-2-6-20-38)54-30-16-14-28-51(54)55/h1-36H. The zero-order valence-corrected chi connectivity index (χ0v) is 31.2. The molecule has 0 N–H and O–H groups in total. The summed E-state index contributed by atoms with van der Waals surface area (Å²) >= 11 is 0. The van der Waals surface area contributed by atoms with Crippen molar-refractivity contribution in [2.24, 2.45) is 0 Å². The molecule has 1 heterocycles. The SMILES string of the molecule is c1ccc(N(c2ccc3c(c2)C2(c4ccccc4-3)c3ccccc3N(c3ccccc3)c3ccccc32)c2ccc3c4ccccc4c4ccccc4c3c2)cc1. The van der Waals surface area contributed by atoms with E-state index in [9.17, 15) is 0 Å². The highest BCUT2D eigenvalue weighted by molar-refractivity contribution is 6.25. The molecule has 12 rings (SSSR count). The number of anilines is 6. The normalized spacial score (nSPS) is 13.4. The first-order valence-electron chi connectivity index (χ1n) is 19.8. The molecule has 0 radical (unpaired) electrons. The third-order valence-corrected chi connectivity index (χ3v) is 12.4. The maximum Gasteiger partial charge on any atom is 0.0755 e. The van der Waals surface area contributed by atoms with E-state index in [1.165, 1.54) is 77.1 Å². The van der Waals surface area contributed by atoms with E-state index in [4.69, 9.17) is 0 Å². The quantitative estimate of drug-likeness (QED) is 0.167. The van der Waals surface area contributed by atoms with E-state index < -0.39 is 5.41 Å². The van der Waals surface area contributed by atoms with Gasteiger partial charge in [-0.25, -0.2) is 0 Å². The Bertz CT molecular complexity index is 3120. The zero-order chi connectivity index (χ0) is 37.5. The minimum atomic E-state index is -0.540. The van der Waals surface area contributed by atoms with Crippen molar-refractivity contribution in [1.29, 1.82) is 0 Å². The van der Waals surface area contributed by atoms with Crippen LogP contribution in [0.3, 0.4) is 0 Å². The van der Waals surface area contributed by atoms with E-state index in [1.807, 2.05) is 0 Å². The molecule has 2 nitrogen and oxygen atoms in total. The largest absolute Gasteiger partial charge is 0.310 e. The topological polar surface area (TPSA) is 6.48 Å². The van der Waals surface area contributed by atoms with Gasteiger partial charge in [0.1, 0.15) is 0 Å². The highest BCUT2D eigenvalue weighted by Gasteiger charge is 2.51. The molecule has 0 fully saturated rings. The molecular formula is C55H36N2. The molecule has 1 spiro atoms. The number of nitrogens with zero attached hydrogens (tertiary/aromatic N) is 2. The van der Waals surface area contributed by atoms with Gasteiger partial charge in [0, 0.05) is 22.7 Å². The second-order valence-electron chi connectivity index (χ2n) is 15.2. The van der Waals surface area contributed by atoms with E-state index in [0.717, 1.165) is 22.7 Å². The fraction of sp³-hybridized carbons (Fsp3) is 0.0182. The van der Waals surface area contributed by atoms with Gasteiger partial charge < -0.3 is 9.80 Å². The van der Waals surface area contributed by atoms with Crippen LogP contribution in [0.15, 0.2) is 218 Å². The summed E-state index contributed by atoms with van der Waals surface area (Å²) < 4.78 is 0. The van der Waals surface area contributed by atoms with Crippen LogP contribution in [0.25, 0.3) is 43.4 Å². The van der Waals surface area contributed by atoms with Crippen LogP contribution >= 0.6 is 0 Å². The van der Waals surface area contributed by atoms with Crippen LogP contribution in [0.5, 0.6) is 0 Å². The lowest BCUT2D eigenvalue weighted by atomic mass is 9.64. The minimum absolute atomic E-state index is 0.540. The molecule has 2 heteroatoms. The Hall–Kier alpha value is -7.42. The average Bonchev–Trinajstić information content (AvgIpc) is 3.57. The molecule has 0 saturated carbocycles. The van der Waals surface area contributed by atoms with Crippen LogP contribution < -0.4 is 9.80 Å². The lowest BCUT2D eigenvalue weighted by Crippen LogP contribution is -2.36. The highest BCUT2D eigenvalue weighted by Crippen LogP contribution is 2.64. The number of hydrogen-bond acceptors (Lipinski definition) is 2. The lowest BCUT2D eigenvalue weighted by molar-refractivity contribution is 0.752. The number of rotatable bonds is 4. The van der Waals surface area contributed by atoms with Gasteiger partial charge in [0.15, 0.2) is 0 Å². The van der Waals surface area contributed by atoms with Gasteiger partial charge in [-0.3, -0.25) is 0 Å². The number of benzene rings is 10. The predicted molar refractivity (Wildman–Crippen MR) is 239 cm³/mol. The van der Waals surface area contributed by atoms with Gasteiger partial charge >= 0.3 is 0 Å². The summed E-state index contributed by atoms with van der Waals surface area (Å²) in [6.07, 6.45) is 0. The zero-order valence-electron chi connectivity index (χ0n) is 31.2. The summed E-state index contributed by atoms with van der Waals surface area (Å²) in [4.78, 5) is 4.89. The highest BCUT2D eigenvalue weighted by atomic mass is 15.2. The maximum absolute atomic E-state index is 2.48. The van der Waals surface area contributed by atoms with E-state index >= 15 is 0 Å². The van der Waals surface area contributed by atoms with Crippen LogP contribution in [0.2, 0.25) is 0 Å². The van der Waals surface area contributed by atoms with Crippen molar-refractivity contribution in [1.82, 2.24) is 0 Å². The third-order valence-electron chi connectivity index (χ3n) is 12.4. The molecule has 10 aromatic carbocycles. The van der Waals surface area contributed by atoms with Crippen molar-refractivity contribution in [3.05, 3.63) is 241 Å². The molecular weight excluding hydrogens is 689 g/mol. The Morgan fingerprint density at radius 2 is 0.754 bits per heavy atom. The Balaban J connectivity index is 1.14. The molecule has 57 heavy (non-hydrogen) atoms. The average molecular weight is 725 g/mol. The van der Waals surface area contributed by atoms with E-state index in [-0.39, 0.29) is 0 Å². The second-order valence-corrected chi connectivity index (χ2v) is 15.2. The minimum Gasteiger partial charge on any atom is -0.310 e. The summed E-state index contributed by atoms with van der Waals surface area (Å²) in [5.74, 6) is 0. The molecule has 1 aliphatic heterocycles. The van der Waals surface area contributed by atoms with Gasteiger partial charge in [-0.1, -0.05) is 158 Å². The first-order chi connectivity index (χ1) is 28.3. The molecule has 0 saturated heterocycles. The number of para-hydroxylation sites is 4. The lowest BCUT2D eigenvalue weighted by Gasteiger charge is -2.45. The molecule has 266 valence electrons. The van der Waals surface area contributed by atoms with Crippen molar-refractivity contribution in [3.63, 3.8) is 0 Å². The van der Waals surface area contributed by atoms with Crippen molar-refractivity contribution in [3.8, 4) is 11.1 Å². The molecule has 10 aromatic rings. The predicted octanol–water partition coefficient (Wildman–Crippen LogP) is 14.8. The first kappa shape index (κ1) is 31.9. The molecule has 0 bridgehead atoms. The van der Waals surface area contributed by atoms with Crippen LogP contribution in [-0.2, 0) is 5.41 Å².